The zero-order valence-electron chi connectivity index (χ0n) is 12.9. The highest BCUT2D eigenvalue weighted by Crippen LogP contribution is 2.38. The van der Waals surface area contributed by atoms with Gasteiger partial charge in [0.1, 0.15) is 5.75 Å². The number of benzene rings is 1. The minimum atomic E-state index is -3.74. The highest BCUT2D eigenvalue weighted by atomic mass is 32.2. The molecule has 0 radical (unpaired) electrons. The van der Waals surface area contributed by atoms with Gasteiger partial charge in [0.2, 0.25) is 0 Å². The van der Waals surface area contributed by atoms with E-state index in [1.807, 2.05) is 6.92 Å². The van der Waals surface area contributed by atoms with Crippen molar-refractivity contribution in [3.63, 3.8) is 0 Å². The van der Waals surface area contributed by atoms with Gasteiger partial charge in [-0.15, -0.1) is 0 Å². The van der Waals surface area contributed by atoms with Crippen molar-refractivity contribution in [1.82, 2.24) is 4.98 Å². The number of nitrogens with one attached hydrogen (secondary N) is 1. The van der Waals surface area contributed by atoms with E-state index < -0.39 is 10.0 Å². The third-order valence-electron chi connectivity index (χ3n) is 4.17. The van der Waals surface area contributed by atoms with Gasteiger partial charge in [-0.05, 0) is 37.1 Å². The van der Waals surface area contributed by atoms with Gasteiger partial charge in [0, 0.05) is 24.5 Å². The summed E-state index contributed by atoms with van der Waals surface area (Å²) in [5.74, 6) is 0.102. The van der Waals surface area contributed by atoms with Crippen LogP contribution in [0.1, 0.15) is 12.5 Å². The fraction of sp³-hybridized carbons (Fsp3) is 0.250. The summed E-state index contributed by atoms with van der Waals surface area (Å²) < 4.78 is 33.0. The van der Waals surface area contributed by atoms with Gasteiger partial charge in [-0.3, -0.25) is 14.1 Å². The van der Waals surface area contributed by atoms with Crippen LogP contribution in [0.15, 0.2) is 41.6 Å². The molecular weight excluding hydrogens is 330 g/mol. The second-order valence-electron chi connectivity index (χ2n) is 5.85. The molecule has 24 heavy (non-hydrogen) atoms. The molecule has 2 aromatic rings. The quantitative estimate of drug-likeness (QED) is 0.892. The van der Waals surface area contributed by atoms with Gasteiger partial charge in [-0.25, -0.2) is 8.42 Å². The molecular formula is C16H15N3O4S. The number of rotatable bonds is 2. The molecule has 0 aliphatic carbocycles. The van der Waals surface area contributed by atoms with E-state index in [4.69, 9.17) is 4.74 Å². The van der Waals surface area contributed by atoms with Crippen LogP contribution in [0.4, 0.5) is 11.4 Å². The van der Waals surface area contributed by atoms with Crippen molar-refractivity contribution in [2.24, 2.45) is 0 Å². The van der Waals surface area contributed by atoms with E-state index in [2.05, 4.69) is 10.3 Å². The first kappa shape index (κ1) is 14.9. The lowest BCUT2D eigenvalue weighted by Crippen LogP contribution is -2.35. The van der Waals surface area contributed by atoms with Crippen molar-refractivity contribution in [3.8, 4) is 5.75 Å². The molecule has 3 heterocycles. The Hall–Kier alpha value is -2.61. The van der Waals surface area contributed by atoms with Crippen molar-refractivity contribution in [2.45, 2.75) is 24.3 Å². The van der Waals surface area contributed by atoms with E-state index in [1.165, 1.54) is 16.4 Å². The predicted octanol–water partition coefficient (Wildman–Crippen LogP) is 1.55. The largest absolute Gasteiger partial charge is 0.482 e. The number of nitrogens with zero attached hydrogens (tertiary/aromatic N) is 2. The van der Waals surface area contributed by atoms with Crippen LogP contribution < -0.4 is 14.4 Å². The van der Waals surface area contributed by atoms with Gasteiger partial charge in [0.25, 0.3) is 15.9 Å². The molecule has 2 aliphatic rings. The number of hydrogen-bond acceptors (Lipinski definition) is 5. The Morgan fingerprint density at radius 1 is 1.33 bits per heavy atom. The summed E-state index contributed by atoms with van der Waals surface area (Å²) >= 11 is 0. The normalized spacial score (nSPS) is 19.3. The van der Waals surface area contributed by atoms with Crippen LogP contribution >= 0.6 is 0 Å². The summed E-state index contributed by atoms with van der Waals surface area (Å²) in [6.07, 6.45) is 3.91. The standard InChI is InChI=1S/C16H15N3O4S/c1-10-6-11-8-17-5-4-14(11)19(10)24(21,22)12-2-3-13-15(7-12)23-9-16(20)18-13/h2-5,7-8,10H,6,9H2,1H3,(H,18,20). The van der Waals surface area contributed by atoms with Gasteiger partial charge in [-0.2, -0.15) is 0 Å². The smallest absolute Gasteiger partial charge is 0.264 e. The van der Waals surface area contributed by atoms with Crippen LogP contribution in [0.25, 0.3) is 0 Å². The highest BCUT2D eigenvalue weighted by molar-refractivity contribution is 7.92. The van der Waals surface area contributed by atoms with Crippen molar-refractivity contribution >= 4 is 27.3 Å². The van der Waals surface area contributed by atoms with Crippen molar-refractivity contribution in [1.29, 1.82) is 0 Å². The molecule has 2 aliphatic heterocycles. The first-order valence-electron chi connectivity index (χ1n) is 7.51. The first-order chi connectivity index (χ1) is 11.5. The average Bonchev–Trinajstić information content (AvgIpc) is 2.90. The summed E-state index contributed by atoms with van der Waals surface area (Å²) in [4.78, 5) is 15.5. The monoisotopic (exact) mass is 345 g/mol. The first-order valence-corrected chi connectivity index (χ1v) is 8.95. The second kappa shape index (κ2) is 5.20. The maximum absolute atomic E-state index is 13.1. The summed E-state index contributed by atoms with van der Waals surface area (Å²) in [5, 5.41) is 2.65. The van der Waals surface area contributed by atoms with Crippen LogP contribution in [-0.4, -0.2) is 32.0 Å². The van der Waals surface area contributed by atoms with Gasteiger partial charge in [-0.1, -0.05) is 0 Å². The molecule has 1 aromatic heterocycles. The number of ether oxygens (including phenoxy) is 1. The lowest BCUT2D eigenvalue weighted by Gasteiger charge is -2.25. The third-order valence-corrected chi connectivity index (χ3v) is 6.10. The minimum absolute atomic E-state index is 0.120. The van der Waals surface area contributed by atoms with E-state index in [0.29, 0.717) is 23.5 Å². The molecule has 0 fully saturated rings. The Labute approximate surface area is 139 Å². The zero-order valence-corrected chi connectivity index (χ0v) is 13.7. The molecule has 0 bridgehead atoms. The number of carbonyl (C=O) groups excluding carboxylic acids is 1. The SMILES string of the molecule is CC1Cc2cnccc2N1S(=O)(=O)c1ccc2c(c1)OCC(=O)N2. The van der Waals surface area contributed by atoms with E-state index >= 15 is 0 Å². The van der Waals surface area contributed by atoms with Crippen LogP contribution in [0.3, 0.4) is 0 Å². The van der Waals surface area contributed by atoms with Gasteiger partial charge >= 0.3 is 0 Å². The van der Waals surface area contributed by atoms with Gasteiger partial charge < -0.3 is 10.1 Å². The van der Waals surface area contributed by atoms with Crippen LogP contribution in [0.5, 0.6) is 5.75 Å². The highest BCUT2D eigenvalue weighted by Gasteiger charge is 2.36. The predicted molar refractivity (Wildman–Crippen MR) is 87.6 cm³/mol. The number of pyridine rings is 1. The van der Waals surface area contributed by atoms with E-state index in [9.17, 15) is 13.2 Å². The fourth-order valence-electron chi connectivity index (χ4n) is 3.13. The van der Waals surface area contributed by atoms with E-state index in [0.717, 1.165) is 5.56 Å². The maximum Gasteiger partial charge on any atom is 0.264 e. The van der Waals surface area contributed by atoms with E-state index in [-0.39, 0.29) is 23.5 Å². The van der Waals surface area contributed by atoms with Crippen molar-refractivity contribution in [2.75, 3.05) is 16.2 Å². The number of carbonyl (C=O) groups is 1. The number of hydrogen-bond donors (Lipinski definition) is 1. The molecule has 124 valence electrons. The lowest BCUT2D eigenvalue weighted by atomic mass is 10.2. The molecule has 7 nitrogen and oxygen atoms in total. The summed E-state index contributed by atoms with van der Waals surface area (Å²) in [5.41, 5.74) is 2.05. The Bertz CT molecular complexity index is 942. The Kier molecular flexibility index (Phi) is 3.24. The number of sulfonamides is 1. The number of anilines is 2. The molecule has 0 saturated carbocycles. The van der Waals surface area contributed by atoms with Crippen LogP contribution in [0, 0.1) is 0 Å². The Morgan fingerprint density at radius 3 is 3.00 bits per heavy atom. The number of amides is 1. The fourth-order valence-corrected chi connectivity index (χ4v) is 4.83. The molecule has 1 atom stereocenters. The third kappa shape index (κ3) is 2.22. The molecule has 4 rings (SSSR count). The van der Waals surface area contributed by atoms with Crippen molar-refractivity contribution in [3.05, 3.63) is 42.2 Å². The summed E-state index contributed by atoms with van der Waals surface area (Å²) in [6.45, 7) is 1.75. The van der Waals surface area contributed by atoms with E-state index in [1.54, 1.807) is 24.5 Å². The van der Waals surface area contributed by atoms with Gasteiger partial charge in [0.05, 0.1) is 16.3 Å². The topological polar surface area (TPSA) is 88.6 Å². The summed E-state index contributed by atoms with van der Waals surface area (Å²) in [7, 11) is -3.74. The van der Waals surface area contributed by atoms with Crippen LogP contribution in [0.2, 0.25) is 0 Å². The molecule has 0 spiro atoms. The molecule has 1 N–H and O–H groups in total. The molecule has 1 aromatic carbocycles. The average molecular weight is 345 g/mol. The van der Waals surface area contributed by atoms with Crippen LogP contribution in [-0.2, 0) is 21.2 Å². The Balaban J connectivity index is 1.78. The van der Waals surface area contributed by atoms with Crippen molar-refractivity contribution < 1.29 is 17.9 Å². The number of aromatic nitrogens is 1. The number of fused-ring (bicyclic) bond motifs is 2. The minimum Gasteiger partial charge on any atom is -0.482 e. The second-order valence-corrected chi connectivity index (χ2v) is 7.67. The summed E-state index contributed by atoms with van der Waals surface area (Å²) in [6, 6.07) is 6.01. The lowest BCUT2D eigenvalue weighted by molar-refractivity contribution is -0.118. The zero-order chi connectivity index (χ0) is 16.9. The molecule has 1 amide bonds. The maximum atomic E-state index is 13.1. The molecule has 1 unspecified atom stereocenters. The Morgan fingerprint density at radius 2 is 2.17 bits per heavy atom. The molecule has 8 heteroatoms. The van der Waals surface area contributed by atoms with Gasteiger partial charge in [0.15, 0.2) is 6.61 Å². The molecule has 0 saturated heterocycles.